The lowest BCUT2D eigenvalue weighted by molar-refractivity contribution is 0.253. The van der Waals surface area contributed by atoms with Gasteiger partial charge in [-0.25, -0.2) is 4.79 Å². The second-order valence-electron chi connectivity index (χ2n) is 1.90. The number of carbonyl (C=O) groups is 1. The minimum atomic E-state index is -0.495. The molecule has 0 saturated carbocycles. The van der Waals surface area contributed by atoms with Gasteiger partial charge in [0.05, 0.1) is 7.11 Å². The Morgan fingerprint density at radius 1 is 1.62 bits per heavy atom. The van der Waals surface area contributed by atoms with Crippen molar-refractivity contribution >= 4 is 35.8 Å². The van der Waals surface area contributed by atoms with E-state index in [0.717, 1.165) is 11.5 Å². The van der Waals surface area contributed by atoms with E-state index in [1.165, 1.54) is 19.1 Å². The highest BCUT2D eigenvalue weighted by molar-refractivity contribution is 8.01. The first-order valence-electron chi connectivity index (χ1n) is 3.49. The number of nitrogens with one attached hydrogen (secondary N) is 1. The van der Waals surface area contributed by atoms with Gasteiger partial charge in [0, 0.05) is 11.5 Å². The van der Waals surface area contributed by atoms with Crippen LogP contribution in [0.15, 0.2) is 4.99 Å². The third kappa shape index (κ3) is 7.79. The van der Waals surface area contributed by atoms with Crippen LogP contribution in [0.3, 0.4) is 0 Å². The largest absolute Gasteiger partial charge is 0.468 e. The molecular formula is C6H13N3O2S2. The summed E-state index contributed by atoms with van der Waals surface area (Å²) in [5.74, 6) is 1.82. The number of hydrogen-bond donors (Lipinski definition) is 2. The van der Waals surface area contributed by atoms with E-state index in [9.17, 15) is 4.79 Å². The monoisotopic (exact) mass is 223 g/mol. The zero-order valence-electron chi connectivity index (χ0n) is 7.57. The fourth-order valence-electron chi connectivity index (χ4n) is 0.406. The number of amides is 2. The average Bonchev–Trinajstić information content (AvgIpc) is 2.12. The summed E-state index contributed by atoms with van der Waals surface area (Å²) in [6.45, 7) is 0. The molecule has 0 saturated heterocycles. The first kappa shape index (κ1) is 12.4. The highest BCUT2D eigenvalue weighted by atomic mass is 32.2. The predicted molar refractivity (Wildman–Crippen MR) is 58.0 cm³/mol. The molecule has 13 heavy (non-hydrogen) atoms. The van der Waals surface area contributed by atoms with Gasteiger partial charge in [0.15, 0.2) is 0 Å². The number of thioether (sulfide) groups is 1. The van der Waals surface area contributed by atoms with Crippen molar-refractivity contribution < 1.29 is 9.53 Å². The number of nitrogens with two attached hydrogens (primary N) is 1. The molecule has 0 aromatic rings. The summed E-state index contributed by atoms with van der Waals surface area (Å²) in [4.78, 5) is 14.3. The molecule has 0 aliphatic carbocycles. The summed E-state index contributed by atoms with van der Waals surface area (Å²) in [7, 11) is 1.35. The maximum atomic E-state index is 10.9. The first-order chi connectivity index (χ1) is 6.20. The SMILES string of the molecule is CO/C(N)=N\C(=O)NSCCSC. The smallest absolute Gasteiger partial charge is 0.355 e. The van der Waals surface area contributed by atoms with Crippen LogP contribution in [0.5, 0.6) is 0 Å². The lowest BCUT2D eigenvalue weighted by Crippen LogP contribution is -2.20. The van der Waals surface area contributed by atoms with Gasteiger partial charge in [0.1, 0.15) is 0 Å². The Hall–Kier alpha value is -0.560. The zero-order valence-corrected chi connectivity index (χ0v) is 9.20. The Morgan fingerprint density at radius 3 is 2.85 bits per heavy atom. The molecular weight excluding hydrogens is 210 g/mol. The molecule has 0 bridgehead atoms. The third-order valence-electron chi connectivity index (χ3n) is 0.970. The van der Waals surface area contributed by atoms with Crippen molar-refractivity contribution in [1.82, 2.24) is 4.72 Å². The third-order valence-corrected chi connectivity index (χ3v) is 2.57. The van der Waals surface area contributed by atoms with E-state index in [4.69, 9.17) is 5.73 Å². The van der Waals surface area contributed by atoms with Gasteiger partial charge in [-0.1, -0.05) is 0 Å². The van der Waals surface area contributed by atoms with Crippen molar-refractivity contribution in [3.05, 3.63) is 0 Å². The molecule has 0 radical (unpaired) electrons. The molecule has 0 heterocycles. The minimum absolute atomic E-state index is 0.136. The van der Waals surface area contributed by atoms with Crippen LogP contribution in [0.4, 0.5) is 4.79 Å². The standard InChI is InChI=1S/C6H13N3O2S2/c1-11-5(7)8-6(10)9-13-4-3-12-2/h3-4H2,1-2H3,(H3,7,8,9,10). The van der Waals surface area contributed by atoms with Gasteiger partial charge in [-0.05, 0) is 18.2 Å². The second-order valence-corrected chi connectivity index (χ2v) is 3.79. The van der Waals surface area contributed by atoms with Crippen LogP contribution in [-0.2, 0) is 4.74 Å². The molecule has 76 valence electrons. The molecule has 0 spiro atoms. The van der Waals surface area contributed by atoms with E-state index < -0.39 is 6.03 Å². The topological polar surface area (TPSA) is 76.7 Å². The number of aliphatic imine (C=N–C) groups is 1. The fraction of sp³-hybridized carbons (Fsp3) is 0.667. The number of ether oxygens (including phenoxy) is 1. The molecule has 7 heteroatoms. The van der Waals surface area contributed by atoms with Gasteiger partial charge >= 0.3 is 6.03 Å². The maximum absolute atomic E-state index is 10.9. The lowest BCUT2D eigenvalue weighted by Gasteiger charge is -2.00. The number of amidine groups is 1. The summed E-state index contributed by atoms with van der Waals surface area (Å²) in [5.41, 5.74) is 5.16. The lowest BCUT2D eigenvalue weighted by atomic mass is 11.0. The molecule has 0 aromatic carbocycles. The minimum Gasteiger partial charge on any atom is -0.468 e. The van der Waals surface area contributed by atoms with E-state index >= 15 is 0 Å². The Balaban J connectivity index is 3.51. The van der Waals surface area contributed by atoms with Crippen LogP contribution in [0.1, 0.15) is 0 Å². The number of urea groups is 1. The predicted octanol–water partition coefficient (Wildman–Crippen LogP) is 0.668. The first-order valence-corrected chi connectivity index (χ1v) is 5.87. The van der Waals surface area contributed by atoms with Crippen LogP contribution in [0, 0.1) is 0 Å². The second kappa shape index (κ2) is 8.06. The number of hydrogen-bond acceptors (Lipinski definition) is 4. The number of methoxy groups -OCH3 is 1. The van der Waals surface area contributed by atoms with Crippen LogP contribution >= 0.6 is 23.7 Å². The number of nitrogens with zero attached hydrogens (tertiary/aromatic N) is 1. The van der Waals surface area contributed by atoms with Crippen LogP contribution < -0.4 is 10.5 Å². The van der Waals surface area contributed by atoms with Crippen molar-refractivity contribution in [3.8, 4) is 0 Å². The van der Waals surface area contributed by atoms with E-state index in [0.29, 0.717) is 0 Å². The summed E-state index contributed by atoms with van der Waals surface area (Å²) in [5, 5.41) is 0. The normalized spacial score (nSPS) is 11.1. The van der Waals surface area contributed by atoms with Gasteiger partial charge < -0.3 is 10.5 Å². The molecule has 0 atom stereocenters. The summed E-state index contributed by atoms with van der Waals surface area (Å²) in [6, 6.07) is -0.631. The van der Waals surface area contributed by atoms with Gasteiger partial charge in [0.25, 0.3) is 6.02 Å². The number of carbonyl (C=O) groups excluding carboxylic acids is 1. The van der Waals surface area contributed by atoms with Gasteiger partial charge in [-0.2, -0.15) is 11.8 Å². The van der Waals surface area contributed by atoms with Gasteiger partial charge in [0.2, 0.25) is 0 Å². The van der Waals surface area contributed by atoms with Gasteiger partial charge in [-0.15, -0.1) is 4.99 Å². The Morgan fingerprint density at radius 2 is 2.31 bits per heavy atom. The average molecular weight is 223 g/mol. The van der Waals surface area contributed by atoms with E-state index in [-0.39, 0.29) is 6.02 Å². The summed E-state index contributed by atoms with van der Waals surface area (Å²) >= 11 is 3.01. The molecule has 2 amide bonds. The molecule has 0 aromatic heterocycles. The molecule has 0 rings (SSSR count). The van der Waals surface area contributed by atoms with Gasteiger partial charge in [-0.3, -0.25) is 4.72 Å². The quantitative estimate of drug-likeness (QED) is 0.317. The highest BCUT2D eigenvalue weighted by Crippen LogP contribution is 1.99. The highest BCUT2D eigenvalue weighted by Gasteiger charge is 1.98. The molecule has 0 fully saturated rings. The summed E-state index contributed by atoms with van der Waals surface area (Å²) < 4.78 is 7.00. The molecule has 0 unspecified atom stereocenters. The fourth-order valence-corrected chi connectivity index (χ4v) is 1.68. The van der Waals surface area contributed by atoms with E-state index in [1.807, 2.05) is 6.26 Å². The van der Waals surface area contributed by atoms with Crippen molar-refractivity contribution in [3.63, 3.8) is 0 Å². The molecule has 0 aliphatic heterocycles. The molecule has 3 N–H and O–H groups in total. The van der Waals surface area contributed by atoms with Crippen molar-refractivity contribution in [2.24, 2.45) is 10.7 Å². The van der Waals surface area contributed by atoms with Crippen LogP contribution in [0.25, 0.3) is 0 Å². The zero-order chi connectivity index (χ0) is 10.1. The maximum Gasteiger partial charge on any atom is 0.355 e. The number of rotatable bonds is 4. The summed E-state index contributed by atoms with van der Waals surface area (Å²) in [6.07, 6.45) is 2.00. The Labute approximate surface area is 86.0 Å². The van der Waals surface area contributed by atoms with Crippen molar-refractivity contribution in [1.29, 1.82) is 0 Å². The van der Waals surface area contributed by atoms with E-state index in [2.05, 4.69) is 14.5 Å². The molecule has 0 aliphatic rings. The van der Waals surface area contributed by atoms with Crippen molar-refractivity contribution in [2.45, 2.75) is 0 Å². The van der Waals surface area contributed by atoms with Crippen LogP contribution in [-0.4, -0.2) is 36.9 Å². The Kier molecular flexibility index (Phi) is 7.71. The Bertz CT molecular complexity index is 187. The van der Waals surface area contributed by atoms with Crippen LogP contribution in [0.2, 0.25) is 0 Å². The van der Waals surface area contributed by atoms with E-state index in [1.54, 1.807) is 11.8 Å². The molecule has 5 nitrogen and oxygen atoms in total. The van der Waals surface area contributed by atoms with Crippen molar-refractivity contribution in [2.75, 3.05) is 24.9 Å².